The maximum atomic E-state index is 11.9. The molecule has 0 aromatic heterocycles. The first-order valence-electron chi connectivity index (χ1n) is 6.55. The van der Waals surface area contributed by atoms with Crippen LogP contribution in [0.5, 0.6) is 0 Å². The SMILES string of the molecule is CCCCCCC(C)(C(=O)O)C(=O)NC1CC1. The number of unbranched alkanes of at least 4 members (excludes halogenated alkanes) is 3. The largest absolute Gasteiger partial charge is 0.480 e. The first-order valence-corrected chi connectivity index (χ1v) is 6.55. The third kappa shape index (κ3) is 4.02. The number of carbonyl (C=O) groups is 2. The molecule has 1 aliphatic carbocycles. The molecule has 4 heteroatoms. The highest BCUT2D eigenvalue weighted by atomic mass is 16.4. The van der Waals surface area contributed by atoms with Crippen molar-refractivity contribution in [1.82, 2.24) is 5.32 Å². The van der Waals surface area contributed by atoms with Gasteiger partial charge in [-0.05, 0) is 26.2 Å². The van der Waals surface area contributed by atoms with E-state index in [1.54, 1.807) is 6.92 Å². The van der Waals surface area contributed by atoms with Crippen molar-refractivity contribution in [1.29, 1.82) is 0 Å². The molecule has 98 valence electrons. The third-order valence-corrected chi connectivity index (χ3v) is 3.42. The number of amides is 1. The van der Waals surface area contributed by atoms with Crippen LogP contribution in [-0.4, -0.2) is 23.0 Å². The zero-order valence-corrected chi connectivity index (χ0v) is 10.8. The van der Waals surface area contributed by atoms with Gasteiger partial charge >= 0.3 is 5.97 Å². The van der Waals surface area contributed by atoms with E-state index in [1.807, 2.05) is 0 Å². The van der Waals surface area contributed by atoms with E-state index < -0.39 is 11.4 Å². The quantitative estimate of drug-likeness (QED) is 0.506. The minimum atomic E-state index is -1.25. The molecule has 1 unspecified atom stereocenters. The van der Waals surface area contributed by atoms with Gasteiger partial charge in [-0.25, -0.2) is 0 Å². The van der Waals surface area contributed by atoms with Crippen LogP contribution < -0.4 is 5.32 Å². The molecule has 1 rings (SSSR count). The molecule has 1 fully saturated rings. The molecule has 1 aliphatic rings. The summed E-state index contributed by atoms with van der Waals surface area (Å²) in [5.74, 6) is -1.32. The fourth-order valence-electron chi connectivity index (χ4n) is 1.80. The Balaban J connectivity index is 2.47. The number of rotatable bonds is 8. The highest BCUT2D eigenvalue weighted by Crippen LogP contribution is 2.28. The van der Waals surface area contributed by atoms with Gasteiger partial charge in [-0.2, -0.15) is 0 Å². The second-order valence-electron chi connectivity index (χ2n) is 5.20. The predicted molar refractivity (Wildman–Crippen MR) is 65.7 cm³/mol. The lowest BCUT2D eigenvalue weighted by Gasteiger charge is -2.23. The summed E-state index contributed by atoms with van der Waals surface area (Å²) in [6.07, 6.45) is 6.40. The molecule has 0 aromatic rings. The van der Waals surface area contributed by atoms with E-state index in [-0.39, 0.29) is 11.9 Å². The van der Waals surface area contributed by atoms with Gasteiger partial charge < -0.3 is 10.4 Å². The normalized spacial score (nSPS) is 18.5. The molecule has 1 atom stereocenters. The summed E-state index contributed by atoms with van der Waals surface area (Å²) in [7, 11) is 0. The van der Waals surface area contributed by atoms with Crippen molar-refractivity contribution < 1.29 is 14.7 Å². The van der Waals surface area contributed by atoms with Gasteiger partial charge in [0.2, 0.25) is 5.91 Å². The second kappa shape index (κ2) is 6.03. The Bertz CT molecular complexity index is 286. The first kappa shape index (κ1) is 14.0. The predicted octanol–water partition coefficient (Wildman–Crippen LogP) is 2.33. The molecule has 0 aliphatic heterocycles. The van der Waals surface area contributed by atoms with E-state index >= 15 is 0 Å². The zero-order valence-electron chi connectivity index (χ0n) is 10.8. The van der Waals surface area contributed by atoms with Crippen LogP contribution >= 0.6 is 0 Å². The van der Waals surface area contributed by atoms with E-state index in [0.29, 0.717) is 6.42 Å². The molecule has 0 bridgehead atoms. The summed E-state index contributed by atoms with van der Waals surface area (Å²) in [6.45, 7) is 3.65. The molecular weight excluding hydrogens is 218 g/mol. The Hall–Kier alpha value is -1.06. The molecule has 0 radical (unpaired) electrons. The number of hydrogen-bond acceptors (Lipinski definition) is 2. The molecule has 1 amide bonds. The number of nitrogens with one attached hydrogen (secondary N) is 1. The Kier molecular flexibility index (Phi) is 4.97. The van der Waals surface area contributed by atoms with Crippen LogP contribution in [0.15, 0.2) is 0 Å². The summed E-state index contributed by atoms with van der Waals surface area (Å²) in [5.41, 5.74) is -1.25. The molecule has 2 N–H and O–H groups in total. The summed E-state index contributed by atoms with van der Waals surface area (Å²) in [5, 5.41) is 12.0. The van der Waals surface area contributed by atoms with Crippen molar-refractivity contribution in [2.45, 2.75) is 64.8 Å². The van der Waals surface area contributed by atoms with Crippen molar-refractivity contribution in [3.63, 3.8) is 0 Å². The van der Waals surface area contributed by atoms with E-state index in [9.17, 15) is 14.7 Å². The van der Waals surface area contributed by atoms with Crippen LogP contribution in [-0.2, 0) is 9.59 Å². The van der Waals surface area contributed by atoms with Crippen molar-refractivity contribution >= 4 is 11.9 Å². The van der Waals surface area contributed by atoms with Crippen molar-refractivity contribution in [3.05, 3.63) is 0 Å². The standard InChI is InChI=1S/C13H23NO3/c1-3-4-5-6-9-13(2,12(16)17)11(15)14-10-7-8-10/h10H,3-9H2,1-2H3,(H,14,15)(H,16,17). The average Bonchev–Trinajstić information content (AvgIpc) is 3.07. The Morgan fingerprint density at radius 3 is 2.41 bits per heavy atom. The monoisotopic (exact) mass is 241 g/mol. The minimum absolute atomic E-state index is 0.219. The number of aliphatic carboxylic acids is 1. The number of carbonyl (C=O) groups excluding carboxylic acids is 1. The number of carboxylic acid groups (broad SMARTS) is 1. The molecule has 0 aromatic carbocycles. The fraction of sp³-hybridized carbons (Fsp3) is 0.846. The lowest BCUT2D eigenvalue weighted by molar-refractivity contribution is -0.155. The van der Waals surface area contributed by atoms with Crippen LogP contribution in [0.3, 0.4) is 0 Å². The molecule has 0 spiro atoms. The lowest BCUT2D eigenvalue weighted by atomic mass is 9.83. The minimum Gasteiger partial charge on any atom is -0.480 e. The number of hydrogen-bond donors (Lipinski definition) is 2. The van der Waals surface area contributed by atoms with Gasteiger partial charge in [-0.1, -0.05) is 32.6 Å². The van der Waals surface area contributed by atoms with Gasteiger partial charge in [-0.15, -0.1) is 0 Å². The summed E-state index contributed by atoms with van der Waals surface area (Å²) < 4.78 is 0. The Morgan fingerprint density at radius 2 is 1.94 bits per heavy atom. The van der Waals surface area contributed by atoms with Gasteiger partial charge in [0.15, 0.2) is 0 Å². The highest BCUT2D eigenvalue weighted by Gasteiger charge is 2.42. The highest BCUT2D eigenvalue weighted by molar-refractivity contribution is 6.01. The summed E-state index contributed by atoms with van der Waals surface area (Å²) >= 11 is 0. The second-order valence-corrected chi connectivity index (χ2v) is 5.20. The third-order valence-electron chi connectivity index (χ3n) is 3.42. The molecule has 4 nitrogen and oxygen atoms in total. The van der Waals surface area contributed by atoms with E-state index in [2.05, 4.69) is 12.2 Å². The van der Waals surface area contributed by atoms with Gasteiger partial charge in [-0.3, -0.25) is 9.59 Å². The maximum absolute atomic E-state index is 11.9. The topological polar surface area (TPSA) is 66.4 Å². The van der Waals surface area contributed by atoms with Crippen LogP contribution in [0.1, 0.15) is 58.8 Å². The molecule has 0 saturated heterocycles. The lowest BCUT2D eigenvalue weighted by Crippen LogP contribution is -2.45. The Morgan fingerprint density at radius 1 is 1.29 bits per heavy atom. The van der Waals surface area contributed by atoms with Gasteiger partial charge in [0.25, 0.3) is 0 Å². The van der Waals surface area contributed by atoms with Crippen LogP contribution in [0, 0.1) is 5.41 Å². The van der Waals surface area contributed by atoms with E-state index in [1.165, 1.54) is 0 Å². The molecule has 17 heavy (non-hydrogen) atoms. The Labute approximate surface area is 103 Å². The molecular formula is C13H23NO3. The van der Waals surface area contributed by atoms with E-state index in [0.717, 1.165) is 38.5 Å². The average molecular weight is 241 g/mol. The number of carboxylic acids is 1. The van der Waals surface area contributed by atoms with Crippen LogP contribution in [0.2, 0.25) is 0 Å². The van der Waals surface area contributed by atoms with Crippen LogP contribution in [0.25, 0.3) is 0 Å². The van der Waals surface area contributed by atoms with Gasteiger partial charge in [0.1, 0.15) is 5.41 Å². The first-order chi connectivity index (χ1) is 8.00. The molecule has 1 saturated carbocycles. The fourth-order valence-corrected chi connectivity index (χ4v) is 1.80. The van der Waals surface area contributed by atoms with Crippen molar-refractivity contribution in [2.24, 2.45) is 5.41 Å². The van der Waals surface area contributed by atoms with E-state index in [4.69, 9.17) is 0 Å². The summed E-state index contributed by atoms with van der Waals surface area (Å²) in [6, 6.07) is 0.219. The summed E-state index contributed by atoms with van der Waals surface area (Å²) in [4.78, 5) is 23.2. The van der Waals surface area contributed by atoms with Gasteiger partial charge in [0.05, 0.1) is 0 Å². The maximum Gasteiger partial charge on any atom is 0.318 e. The van der Waals surface area contributed by atoms with Crippen molar-refractivity contribution in [3.8, 4) is 0 Å². The van der Waals surface area contributed by atoms with Crippen molar-refractivity contribution in [2.75, 3.05) is 0 Å². The van der Waals surface area contributed by atoms with Gasteiger partial charge in [0, 0.05) is 6.04 Å². The smallest absolute Gasteiger partial charge is 0.318 e. The van der Waals surface area contributed by atoms with Crippen LogP contribution in [0.4, 0.5) is 0 Å². The molecule has 0 heterocycles. The zero-order chi connectivity index (χ0) is 12.9.